The Morgan fingerprint density at radius 2 is 1.96 bits per heavy atom. The van der Waals surface area contributed by atoms with Crippen LogP contribution in [-0.2, 0) is 17.8 Å². The van der Waals surface area contributed by atoms with E-state index in [1.165, 1.54) is 30.6 Å². The number of rotatable bonds is 7. The molecule has 0 aliphatic carbocycles. The van der Waals surface area contributed by atoms with E-state index in [-0.39, 0.29) is 18.3 Å². The number of benzene rings is 1. The van der Waals surface area contributed by atoms with Crippen LogP contribution in [0.15, 0.2) is 24.3 Å². The molecule has 0 saturated heterocycles. The van der Waals surface area contributed by atoms with Crippen LogP contribution in [0.5, 0.6) is 5.88 Å². The van der Waals surface area contributed by atoms with E-state index in [1.54, 1.807) is 19.2 Å². The number of aryl methyl sites for hydroxylation is 1. The number of hydrogen-bond acceptors (Lipinski definition) is 6. The van der Waals surface area contributed by atoms with E-state index in [2.05, 4.69) is 15.3 Å². The Morgan fingerprint density at radius 1 is 1.22 bits per heavy atom. The second-order valence-corrected chi connectivity index (χ2v) is 6.95. The number of methoxy groups -OCH3 is 2. The van der Waals surface area contributed by atoms with Crippen LogP contribution in [0, 0.1) is 12.7 Å². The highest BCUT2D eigenvalue weighted by Crippen LogP contribution is 2.35. The van der Waals surface area contributed by atoms with Gasteiger partial charge in [-0.2, -0.15) is 4.98 Å². The smallest absolute Gasteiger partial charge is 0.261 e. The van der Waals surface area contributed by atoms with E-state index in [0.717, 1.165) is 16.5 Å². The van der Waals surface area contributed by atoms with Gasteiger partial charge in [0.05, 0.1) is 17.4 Å². The van der Waals surface area contributed by atoms with Crippen LogP contribution >= 0.6 is 11.3 Å². The minimum Gasteiger partial charge on any atom is -0.480 e. The fraction of sp³-hybridized carbons (Fsp3) is 0.316. The van der Waals surface area contributed by atoms with Crippen molar-refractivity contribution in [1.29, 1.82) is 0 Å². The Hall–Kier alpha value is -2.58. The summed E-state index contributed by atoms with van der Waals surface area (Å²) in [5.74, 6) is 0.497. The predicted octanol–water partition coefficient (Wildman–Crippen LogP) is 3.27. The molecule has 0 aliphatic heterocycles. The molecule has 1 aromatic carbocycles. The number of nitrogens with zero attached hydrogens (tertiary/aromatic N) is 2. The fourth-order valence-electron chi connectivity index (χ4n) is 2.75. The highest BCUT2D eigenvalue weighted by Gasteiger charge is 2.21. The zero-order valence-corrected chi connectivity index (χ0v) is 16.2. The average molecular weight is 389 g/mol. The van der Waals surface area contributed by atoms with Crippen LogP contribution in [0.2, 0.25) is 0 Å². The topological polar surface area (TPSA) is 73.3 Å². The zero-order valence-electron chi connectivity index (χ0n) is 15.3. The molecule has 0 spiro atoms. The second-order valence-electron chi connectivity index (χ2n) is 5.95. The molecule has 2 heterocycles. The lowest BCUT2D eigenvalue weighted by atomic mass is 10.1. The number of carbonyl (C=O) groups excluding carboxylic acids is 1. The fourth-order valence-corrected chi connectivity index (χ4v) is 3.86. The number of aromatic nitrogens is 2. The van der Waals surface area contributed by atoms with Crippen molar-refractivity contribution in [2.24, 2.45) is 0 Å². The molecular weight excluding hydrogens is 369 g/mol. The highest BCUT2D eigenvalue weighted by atomic mass is 32.1. The maximum Gasteiger partial charge on any atom is 0.261 e. The molecule has 0 bridgehead atoms. The van der Waals surface area contributed by atoms with Crippen molar-refractivity contribution >= 4 is 27.5 Å². The van der Waals surface area contributed by atoms with E-state index in [9.17, 15) is 9.18 Å². The van der Waals surface area contributed by atoms with Gasteiger partial charge in [-0.05, 0) is 36.6 Å². The number of carbonyl (C=O) groups is 1. The number of halogens is 1. The van der Waals surface area contributed by atoms with E-state index >= 15 is 0 Å². The largest absolute Gasteiger partial charge is 0.480 e. The lowest BCUT2D eigenvalue weighted by Crippen LogP contribution is -2.25. The monoisotopic (exact) mass is 389 g/mol. The van der Waals surface area contributed by atoms with Crippen LogP contribution in [0.25, 0.3) is 10.2 Å². The highest BCUT2D eigenvalue weighted by molar-refractivity contribution is 7.20. The van der Waals surface area contributed by atoms with Crippen molar-refractivity contribution in [3.8, 4) is 5.88 Å². The van der Waals surface area contributed by atoms with Crippen LogP contribution < -0.4 is 10.1 Å². The summed E-state index contributed by atoms with van der Waals surface area (Å²) in [7, 11) is 3.11. The minimum absolute atomic E-state index is 0.173. The van der Waals surface area contributed by atoms with Gasteiger partial charge in [-0.25, -0.2) is 9.37 Å². The molecule has 142 valence electrons. The van der Waals surface area contributed by atoms with Gasteiger partial charge in [-0.15, -0.1) is 11.3 Å². The Morgan fingerprint density at radius 3 is 2.63 bits per heavy atom. The molecule has 0 fully saturated rings. The summed E-state index contributed by atoms with van der Waals surface area (Å²) in [5.41, 5.74) is 1.75. The molecule has 27 heavy (non-hydrogen) atoms. The standard InChI is InChI=1S/C19H20FN3O3S/c1-11-15-18(26-3)22-14(10-25-2)23-19(15)27-16(11)17(24)21-9-8-12-4-6-13(20)7-5-12/h4-7H,8-10H2,1-3H3,(H,21,24). The van der Waals surface area contributed by atoms with Crippen molar-refractivity contribution in [1.82, 2.24) is 15.3 Å². The summed E-state index contributed by atoms with van der Waals surface area (Å²) >= 11 is 1.30. The molecular formula is C19H20FN3O3S. The first kappa shape index (κ1) is 19.2. The Bertz CT molecular complexity index is 957. The molecule has 0 saturated carbocycles. The van der Waals surface area contributed by atoms with Crippen LogP contribution in [-0.4, -0.2) is 36.6 Å². The van der Waals surface area contributed by atoms with Crippen molar-refractivity contribution in [3.05, 3.63) is 51.9 Å². The van der Waals surface area contributed by atoms with E-state index in [0.29, 0.717) is 34.4 Å². The summed E-state index contributed by atoms with van der Waals surface area (Å²) in [4.78, 5) is 22.7. The Balaban J connectivity index is 1.77. The van der Waals surface area contributed by atoms with Gasteiger partial charge in [0.25, 0.3) is 5.91 Å². The first-order valence-electron chi connectivity index (χ1n) is 8.39. The van der Waals surface area contributed by atoms with E-state index < -0.39 is 0 Å². The summed E-state index contributed by atoms with van der Waals surface area (Å²) < 4.78 is 23.4. The zero-order chi connectivity index (χ0) is 19.4. The summed E-state index contributed by atoms with van der Waals surface area (Å²) in [6, 6.07) is 6.25. The molecule has 1 N–H and O–H groups in total. The summed E-state index contributed by atoms with van der Waals surface area (Å²) in [6.07, 6.45) is 0.622. The van der Waals surface area contributed by atoms with Crippen molar-refractivity contribution in [2.45, 2.75) is 20.0 Å². The predicted molar refractivity (Wildman–Crippen MR) is 102 cm³/mol. The maximum atomic E-state index is 12.9. The quantitative estimate of drug-likeness (QED) is 0.671. The number of fused-ring (bicyclic) bond motifs is 1. The van der Waals surface area contributed by atoms with Gasteiger partial charge in [0.2, 0.25) is 5.88 Å². The van der Waals surface area contributed by atoms with Crippen LogP contribution in [0.4, 0.5) is 4.39 Å². The first-order valence-corrected chi connectivity index (χ1v) is 9.20. The molecule has 6 nitrogen and oxygen atoms in total. The summed E-state index contributed by atoms with van der Waals surface area (Å²) in [6.45, 7) is 2.58. The minimum atomic E-state index is -0.272. The van der Waals surface area contributed by atoms with Crippen molar-refractivity contribution in [2.75, 3.05) is 20.8 Å². The van der Waals surface area contributed by atoms with Gasteiger partial charge in [0.15, 0.2) is 5.82 Å². The maximum absolute atomic E-state index is 12.9. The van der Waals surface area contributed by atoms with Crippen molar-refractivity contribution in [3.63, 3.8) is 0 Å². The molecule has 2 aromatic heterocycles. The first-order chi connectivity index (χ1) is 13.0. The molecule has 3 aromatic rings. The number of ether oxygens (including phenoxy) is 2. The molecule has 3 rings (SSSR count). The molecule has 0 atom stereocenters. The third-order valence-electron chi connectivity index (χ3n) is 4.09. The third-order valence-corrected chi connectivity index (χ3v) is 5.27. The van der Waals surface area contributed by atoms with Gasteiger partial charge >= 0.3 is 0 Å². The molecule has 8 heteroatoms. The van der Waals surface area contributed by atoms with E-state index in [4.69, 9.17) is 9.47 Å². The Labute approximate surface area is 160 Å². The molecule has 1 amide bonds. The lowest BCUT2D eigenvalue weighted by molar-refractivity contribution is 0.0957. The van der Waals surface area contributed by atoms with Gasteiger partial charge in [-0.3, -0.25) is 4.79 Å². The van der Waals surface area contributed by atoms with Crippen LogP contribution in [0.1, 0.15) is 26.6 Å². The van der Waals surface area contributed by atoms with Crippen molar-refractivity contribution < 1.29 is 18.7 Å². The van der Waals surface area contributed by atoms with Gasteiger partial charge in [-0.1, -0.05) is 12.1 Å². The average Bonchev–Trinajstić information content (AvgIpc) is 2.99. The number of nitrogens with one attached hydrogen (secondary N) is 1. The second kappa shape index (κ2) is 8.41. The van der Waals surface area contributed by atoms with Gasteiger partial charge in [0.1, 0.15) is 17.3 Å². The van der Waals surface area contributed by atoms with E-state index in [1.807, 2.05) is 6.92 Å². The normalized spacial score (nSPS) is 11.0. The number of amides is 1. The lowest BCUT2D eigenvalue weighted by Gasteiger charge is -2.06. The van der Waals surface area contributed by atoms with Gasteiger partial charge in [0, 0.05) is 13.7 Å². The number of thiophene rings is 1. The van der Waals surface area contributed by atoms with Gasteiger partial charge < -0.3 is 14.8 Å². The SMILES string of the molecule is COCc1nc(OC)c2c(C)c(C(=O)NCCc3ccc(F)cc3)sc2n1. The van der Waals surface area contributed by atoms with Crippen LogP contribution in [0.3, 0.4) is 0 Å². The number of hydrogen-bond donors (Lipinski definition) is 1. The Kier molecular flexibility index (Phi) is 5.98. The molecule has 0 unspecified atom stereocenters. The third kappa shape index (κ3) is 4.23. The molecule has 0 radical (unpaired) electrons. The molecule has 0 aliphatic rings. The summed E-state index contributed by atoms with van der Waals surface area (Å²) in [5, 5.41) is 3.65.